The summed E-state index contributed by atoms with van der Waals surface area (Å²) in [5, 5.41) is 3.92. The quantitative estimate of drug-likeness (QED) is 0.708. The van der Waals surface area contributed by atoms with Gasteiger partial charge in [0.05, 0.1) is 30.8 Å². The van der Waals surface area contributed by atoms with Gasteiger partial charge in [0.25, 0.3) is 0 Å². The lowest BCUT2D eigenvalue weighted by atomic mass is 10.2. The molecule has 0 unspecified atom stereocenters. The molecule has 0 saturated heterocycles. The molecule has 70 valence electrons. The normalized spacial score (nSPS) is 13.7. The van der Waals surface area contributed by atoms with E-state index in [2.05, 4.69) is 16.5 Å². The highest BCUT2D eigenvalue weighted by Gasteiger charge is 2.13. The summed E-state index contributed by atoms with van der Waals surface area (Å²) in [6.45, 7) is 0. The van der Waals surface area contributed by atoms with Gasteiger partial charge in [0.2, 0.25) is 5.88 Å². The number of ether oxygens (including phenoxy) is 1. The van der Waals surface area contributed by atoms with Crippen LogP contribution >= 0.6 is 0 Å². The second kappa shape index (κ2) is 3.49. The van der Waals surface area contributed by atoms with Crippen LogP contribution in [0.4, 0.5) is 4.39 Å². The van der Waals surface area contributed by atoms with Gasteiger partial charge < -0.3 is 4.74 Å². The minimum atomic E-state index is -0.413. The summed E-state index contributed by atoms with van der Waals surface area (Å²) >= 11 is 0. The zero-order chi connectivity index (χ0) is 9.97. The summed E-state index contributed by atoms with van der Waals surface area (Å²) in [4.78, 5) is 3.80. The molecule has 0 aliphatic carbocycles. The van der Waals surface area contributed by atoms with Crippen molar-refractivity contribution in [2.75, 3.05) is 7.11 Å². The maximum Gasteiger partial charge on any atom is 0.222 e. The number of hydrogen-bond donors (Lipinski definition) is 0. The van der Waals surface area contributed by atoms with E-state index in [1.54, 1.807) is 12.2 Å². The molecule has 0 N–H and O–H groups in total. The molecular formula is C10H7FN2O. The van der Waals surface area contributed by atoms with Crippen molar-refractivity contribution >= 4 is 5.70 Å². The number of hydrogen-bond acceptors (Lipinski definition) is 2. The molecule has 2 rings (SSSR count). The van der Waals surface area contributed by atoms with Gasteiger partial charge in [-0.05, 0) is 18.2 Å². The highest BCUT2D eigenvalue weighted by Crippen LogP contribution is 2.25. The number of methoxy groups -OCH3 is 1. The summed E-state index contributed by atoms with van der Waals surface area (Å²) in [6.07, 6.45) is 7.12. The standard InChI is InChI=1S/C10H7FN2O/c1-14-10-8(5-7(11)6-13-10)9-3-2-4-12-9/h2-3,5-6H,1H3. The van der Waals surface area contributed by atoms with Crippen LogP contribution < -0.4 is 10.1 Å². The highest BCUT2D eigenvalue weighted by atomic mass is 19.1. The van der Waals surface area contributed by atoms with E-state index >= 15 is 0 Å². The fourth-order valence-electron chi connectivity index (χ4n) is 1.18. The van der Waals surface area contributed by atoms with Gasteiger partial charge in [0, 0.05) is 0 Å². The molecule has 14 heavy (non-hydrogen) atoms. The van der Waals surface area contributed by atoms with Crippen LogP contribution in [0.3, 0.4) is 0 Å². The maximum atomic E-state index is 12.9. The Hall–Kier alpha value is -1.84. The molecule has 0 atom stereocenters. The Labute approximate surface area is 80.9 Å². The number of aromatic nitrogens is 1. The first kappa shape index (κ1) is 8.74. The third-order valence-corrected chi connectivity index (χ3v) is 1.79. The zero-order valence-electron chi connectivity index (χ0n) is 7.49. The molecule has 1 aromatic heterocycles. The SMILES string of the molecule is COc1ncc(F)cc1C1=CC=[C][N]1. The fraction of sp³-hybridized carbons (Fsp3) is 0.100. The van der Waals surface area contributed by atoms with Crippen LogP contribution in [0, 0.1) is 12.0 Å². The topological polar surface area (TPSA) is 36.2 Å². The van der Waals surface area contributed by atoms with Crippen molar-refractivity contribution in [1.29, 1.82) is 0 Å². The lowest BCUT2D eigenvalue weighted by Gasteiger charge is -2.06. The molecule has 0 saturated carbocycles. The molecule has 3 nitrogen and oxygen atoms in total. The van der Waals surface area contributed by atoms with Crippen LogP contribution in [0.1, 0.15) is 5.56 Å². The van der Waals surface area contributed by atoms with Crippen LogP contribution in [0.15, 0.2) is 24.4 Å². The van der Waals surface area contributed by atoms with E-state index in [0.717, 1.165) is 6.20 Å². The van der Waals surface area contributed by atoms with Crippen molar-refractivity contribution in [2.45, 2.75) is 0 Å². The van der Waals surface area contributed by atoms with E-state index in [4.69, 9.17) is 4.74 Å². The van der Waals surface area contributed by atoms with Crippen molar-refractivity contribution in [1.82, 2.24) is 10.3 Å². The molecule has 1 aliphatic rings. The molecule has 0 fully saturated rings. The molecule has 0 bridgehead atoms. The largest absolute Gasteiger partial charge is 0.481 e. The first-order chi connectivity index (χ1) is 6.81. The fourth-order valence-corrected chi connectivity index (χ4v) is 1.18. The lowest BCUT2D eigenvalue weighted by molar-refractivity contribution is 0.394. The number of allylic oxidation sites excluding steroid dienone is 2. The summed E-state index contributed by atoms with van der Waals surface area (Å²) in [6, 6.07) is 1.34. The molecule has 2 heterocycles. The predicted molar refractivity (Wildman–Crippen MR) is 48.7 cm³/mol. The van der Waals surface area contributed by atoms with Crippen molar-refractivity contribution in [2.24, 2.45) is 0 Å². The van der Waals surface area contributed by atoms with Gasteiger partial charge in [0.15, 0.2) is 0 Å². The van der Waals surface area contributed by atoms with E-state index in [0.29, 0.717) is 17.1 Å². The summed E-state index contributed by atoms with van der Waals surface area (Å²) in [7, 11) is 1.48. The van der Waals surface area contributed by atoms with Gasteiger partial charge in [-0.1, -0.05) is 0 Å². The Balaban J connectivity index is 2.44. The Bertz CT molecular complexity index is 413. The second-order valence-corrected chi connectivity index (χ2v) is 2.67. The third-order valence-electron chi connectivity index (χ3n) is 1.79. The van der Waals surface area contributed by atoms with Crippen molar-refractivity contribution in [3.63, 3.8) is 0 Å². The number of pyridine rings is 1. The molecule has 2 radical (unpaired) electrons. The first-order valence-electron chi connectivity index (χ1n) is 4.01. The molecule has 1 aliphatic heterocycles. The van der Waals surface area contributed by atoms with Crippen molar-refractivity contribution < 1.29 is 9.13 Å². The highest BCUT2D eigenvalue weighted by molar-refractivity contribution is 5.70. The minimum Gasteiger partial charge on any atom is -0.481 e. The Morgan fingerprint density at radius 1 is 1.50 bits per heavy atom. The van der Waals surface area contributed by atoms with Gasteiger partial charge in [-0.3, -0.25) is 0 Å². The van der Waals surface area contributed by atoms with Gasteiger partial charge in [-0.2, -0.15) is 0 Å². The maximum absolute atomic E-state index is 12.9. The first-order valence-corrected chi connectivity index (χ1v) is 4.01. The summed E-state index contributed by atoms with van der Waals surface area (Å²) in [5.41, 5.74) is 1.14. The Morgan fingerprint density at radius 2 is 2.36 bits per heavy atom. The van der Waals surface area contributed by atoms with Gasteiger partial charge >= 0.3 is 0 Å². The van der Waals surface area contributed by atoms with E-state index in [1.165, 1.54) is 13.2 Å². The van der Waals surface area contributed by atoms with Crippen molar-refractivity contribution in [3.8, 4) is 5.88 Å². The van der Waals surface area contributed by atoms with E-state index in [-0.39, 0.29) is 0 Å². The van der Waals surface area contributed by atoms with Crippen LogP contribution in [-0.2, 0) is 0 Å². The molecule has 1 aromatic rings. The smallest absolute Gasteiger partial charge is 0.222 e. The Kier molecular flexibility index (Phi) is 2.18. The summed E-state index contributed by atoms with van der Waals surface area (Å²) < 4.78 is 17.9. The van der Waals surface area contributed by atoms with E-state index in [9.17, 15) is 4.39 Å². The second-order valence-electron chi connectivity index (χ2n) is 2.67. The predicted octanol–water partition coefficient (Wildman–Crippen LogP) is 1.51. The lowest BCUT2D eigenvalue weighted by Crippen LogP contribution is -1.99. The van der Waals surface area contributed by atoms with Crippen LogP contribution in [0.25, 0.3) is 5.70 Å². The van der Waals surface area contributed by atoms with Gasteiger partial charge in [-0.15, -0.1) is 0 Å². The van der Waals surface area contributed by atoms with E-state index in [1.807, 2.05) is 0 Å². The molecular weight excluding hydrogens is 183 g/mol. The number of nitrogens with zero attached hydrogens (tertiary/aromatic N) is 2. The minimum absolute atomic E-state index is 0.360. The third kappa shape index (κ3) is 1.46. The molecule has 0 spiro atoms. The van der Waals surface area contributed by atoms with Crippen LogP contribution in [-0.4, -0.2) is 12.1 Å². The zero-order valence-corrected chi connectivity index (χ0v) is 7.49. The summed E-state index contributed by atoms with van der Waals surface area (Å²) in [5.74, 6) is -0.0534. The molecule has 4 heteroatoms. The number of rotatable bonds is 2. The monoisotopic (exact) mass is 190 g/mol. The number of halogens is 1. The average Bonchev–Trinajstić information content (AvgIpc) is 2.70. The van der Waals surface area contributed by atoms with Gasteiger partial charge in [-0.25, -0.2) is 14.7 Å². The van der Waals surface area contributed by atoms with Crippen LogP contribution in [0.5, 0.6) is 5.88 Å². The van der Waals surface area contributed by atoms with Crippen LogP contribution in [0.2, 0.25) is 0 Å². The van der Waals surface area contributed by atoms with Crippen molar-refractivity contribution in [3.05, 3.63) is 42.0 Å². The average molecular weight is 190 g/mol. The van der Waals surface area contributed by atoms with Gasteiger partial charge in [0.1, 0.15) is 5.82 Å². The molecule has 0 amide bonds. The molecule has 0 aromatic carbocycles. The Morgan fingerprint density at radius 3 is 3.00 bits per heavy atom. The van der Waals surface area contributed by atoms with E-state index < -0.39 is 5.82 Å².